The van der Waals surface area contributed by atoms with Crippen molar-refractivity contribution in [2.24, 2.45) is 10.9 Å². The lowest BCUT2D eigenvalue weighted by Crippen LogP contribution is -2.35. The molecule has 2 aromatic rings. The third-order valence-corrected chi connectivity index (χ3v) is 5.33. The van der Waals surface area contributed by atoms with Crippen molar-refractivity contribution >= 4 is 34.8 Å². The van der Waals surface area contributed by atoms with Crippen LogP contribution in [0.1, 0.15) is 41.3 Å². The number of esters is 1. The van der Waals surface area contributed by atoms with Gasteiger partial charge in [0.1, 0.15) is 5.92 Å². The van der Waals surface area contributed by atoms with Gasteiger partial charge in [0.05, 0.1) is 12.3 Å². The van der Waals surface area contributed by atoms with Crippen LogP contribution >= 0.6 is 11.6 Å². The topological polar surface area (TPSA) is 55.7 Å². The van der Waals surface area contributed by atoms with Gasteiger partial charge < -0.3 is 4.74 Å². The number of hydrogen-bond donors (Lipinski definition) is 0. The molecule has 0 saturated carbocycles. The lowest BCUT2D eigenvalue weighted by molar-refractivity contribution is -0.145. The van der Waals surface area contributed by atoms with Crippen LogP contribution in [0, 0.1) is 5.92 Å². The molecule has 0 saturated heterocycles. The molecule has 1 aliphatic heterocycles. The highest BCUT2D eigenvalue weighted by Gasteiger charge is 2.45. The molecule has 1 unspecified atom stereocenters. The van der Waals surface area contributed by atoms with E-state index in [0.717, 1.165) is 11.1 Å². The molecule has 5 heteroatoms. The second-order valence-corrected chi connectivity index (χ2v) is 7.09. The van der Waals surface area contributed by atoms with E-state index in [-0.39, 0.29) is 18.4 Å². The Bertz CT molecular complexity index is 1000. The van der Waals surface area contributed by atoms with Gasteiger partial charge in [-0.05, 0) is 31.5 Å². The maximum absolute atomic E-state index is 13.2. The van der Waals surface area contributed by atoms with Gasteiger partial charge in [-0.15, -0.1) is 0 Å². The quantitative estimate of drug-likeness (QED) is 0.727. The van der Waals surface area contributed by atoms with E-state index < -0.39 is 11.8 Å². The van der Waals surface area contributed by atoms with Gasteiger partial charge in [-0.1, -0.05) is 48.0 Å². The monoisotopic (exact) mass is 379 g/mol. The van der Waals surface area contributed by atoms with Crippen LogP contribution in [0.5, 0.6) is 0 Å². The fourth-order valence-corrected chi connectivity index (χ4v) is 4.04. The molecule has 0 radical (unpaired) electrons. The summed E-state index contributed by atoms with van der Waals surface area (Å²) in [6.07, 6.45) is 0. The Morgan fingerprint density at radius 1 is 1.11 bits per heavy atom. The van der Waals surface area contributed by atoms with Gasteiger partial charge >= 0.3 is 5.97 Å². The molecule has 0 N–H and O–H groups in total. The minimum absolute atomic E-state index is 0.0777. The number of aliphatic imine (C=N–C) groups is 1. The van der Waals surface area contributed by atoms with Crippen molar-refractivity contribution < 1.29 is 14.3 Å². The molecule has 0 amide bonds. The van der Waals surface area contributed by atoms with Crippen molar-refractivity contribution in [2.75, 3.05) is 6.61 Å². The number of Topliss-reactive ketones (excluding diaryl/α,β-unsaturated/α-hetero) is 1. The van der Waals surface area contributed by atoms with E-state index in [1.54, 1.807) is 25.1 Å². The van der Waals surface area contributed by atoms with E-state index in [4.69, 9.17) is 16.3 Å². The molecule has 4 nitrogen and oxygen atoms in total. The van der Waals surface area contributed by atoms with Crippen LogP contribution in [0.4, 0.5) is 0 Å². The summed E-state index contributed by atoms with van der Waals surface area (Å²) in [6, 6.07) is 14.7. The van der Waals surface area contributed by atoms with Gasteiger partial charge in [0.25, 0.3) is 0 Å². The molecular formula is C22H18ClNO3. The number of ketones is 1. The molecule has 0 bridgehead atoms. The molecule has 136 valence electrons. The van der Waals surface area contributed by atoms with Crippen LogP contribution in [0.2, 0.25) is 5.02 Å². The van der Waals surface area contributed by atoms with Crippen LogP contribution in [-0.4, -0.2) is 24.1 Å². The Kier molecular flexibility index (Phi) is 4.44. The first-order valence-electron chi connectivity index (χ1n) is 8.88. The van der Waals surface area contributed by atoms with Crippen LogP contribution in [-0.2, 0) is 9.53 Å². The average molecular weight is 380 g/mol. The highest BCUT2D eigenvalue weighted by Crippen LogP contribution is 2.48. The van der Waals surface area contributed by atoms with Gasteiger partial charge in [-0.2, -0.15) is 0 Å². The Labute approximate surface area is 162 Å². The molecule has 27 heavy (non-hydrogen) atoms. The second-order valence-electron chi connectivity index (χ2n) is 6.65. The van der Waals surface area contributed by atoms with E-state index in [1.807, 2.05) is 37.3 Å². The fraction of sp³-hybridized carbons (Fsp3) is 0.227. The summed E-state index contributed by atoms with van der Waals surface area (Å²) in [5.41, 5.74) is 4.16. The van der Waals surface area contributed by atoms with Crippen molar-refractivity contribution in [3.05, 3.63) is 75.8 Å². The zero-order valence-corrected chi connectivity index (χ0v) is 15.8. The average Bonchev–Trinajstić information content (AvgIpc) is 2.94. The van der Waals surface area contributed by atoms with E-state index in [1.165, 1.54) is 0 Å². The van der Waals surface area contributed by atoms with Gasteiger partial charge in [0.15, 0.2) is 5.78 Å². The first-order chi connectivity index (χ1) is 13.0. The number of fused-ring (bicyclic) bond motifs is 2. The standard InChI is InChI=1S/C22H18ClNO3/c1-3-27-22(26)17-12(2)24-20-15-6-4-5-7-16(15)21(25)19(20)18(17)13-8-10-14(23)11-9-13/h4-11,17-18H,3H2,1-2H3/t17?,18-/m0/s1. The minimum atomic E-state index is -0.636. The van der Waals surface area contributed by atoms with Crippen molar-refractivity contribution in [3.8, 4) is 0 Å². The van der Waals surface area contributed by atoms with Crippen molar-refractivity contribution in [1.29, 1.82) is 0 Å². The van der Waals surface area contributed by atoms with Gasteiger partial charge in [-0.25, -0.2) is 0 Å². The van der Waals surface area contributed by atoms with E-state index in [2.05, 4.69) is 4.99 Å². The summed E-state index contributed by atoms with van der Waals surface area (Å²) in [5.74, 6) is -1.53. The predicted molar refractivity (Wildman–Crippen MR) is 105 cm³/mol. The largest absolute Gasteiger partial charge is 0.465 e. The summed E-state index contributed by atoms with van der Waals surface area (Å²) in [6.45, 7) is 3.86. The number of rotatable bonds is 3. The zero-order chi connectivity index (χ0) is 19.1. The van der Waals surface area contributed by atoms with Gasteiger partial charge in [0.2, 0.25) is 0 Å². The summed E-state index contributed by atoms with van der Waals surface area (Å²) in [4.78, 5) is 30.6. The zero-order valence-electron chi connectivity index (χ0n) is 15.0. The lowest BCUT2D eigenvalue weighted by atomic mass is 9.75. The number of carbonyl (C=O) groups is 2. The Balaban J connectivity index is 1.92. The molecule has 1 aliphatic carbocycles. The molecule has 1 heterocycles. The summed E-state index contributed by atoms with van der Waals surface area (Å²) in [5, 5.41) is 0.600. The van der Waals surface area contributed by atoms with Crippen LogP contribution in [0.3, 0.4) is 0 Å². The number of ether oxygens (including phenoxy) is 1. The fourth-order valence-electron chi connectivity index (χ4n) is 3.92. The van der Waals surface area contributed by atoms with E-state index >= 15 is 0 Å². The number of benzene rings is 2. The smallest absolute Gasteiger partial charge is 0.315 e. The maximum atomic E-state index is 13.2. The summed E-state index contributed by atoms with van der Waals surface area (Å²) < 4.78 is 5.31. The molecular weight excluding hydrogens is 362 g/mol. The number of allylic oxidation sites excluding steroid dienone is 1. The first kappa shape index (κ1) is 17.7. The number of hydrogen-bond acceptors (Lipinski definition) is 4. The van der Waals surface area contributed by atoms with Crippen LogP contribution in [0.25, 0.3) is 5.70 Å². The van der Waals surface area contributed by atoms with Crippen molar-refractivity contribution in [2.45, 2.75) is 19.8 Å². The van der Waals surface area contributed by atoms with Gasteiger partial charge in [0, 0.05) is 33.4 Å². The molecule has 2 aromatic carbocycles. The minimum Gasteiger partial charge on any atom is -0.465 e. The van der Waals surface area contributed by atoms with E-state index in [9.17, 15) is 9.59 Å². The first-order valence-corrected chi connectivity index (χ1v) is 9.26. The Morgan fingerprint density at radius 3 is 2.44 bits per heavy atom. The van der Waals surface area contributed by atoms with Crippen molar-refractivity contribution in [3.63, 3.8) is 0 Å². The van der Waals surface area contributed by atoms with Crippen LogP contribution < -0.4 is 0 Å². The predicted octanol–water partition coefficient (Wildman–Crippen LogP) is 4.69. The molecule has 2 atom stereocenters. The Morgan fingerprint density at radius 2 is 1.78 bits per heavy atom. The normalized spacial score (nSPS) is 20.9. The molecule has 0 spiro atoms. The summed E-state index contributed by atoms with van der Waals surface area (Å²) >= 11 is 6.05. The number of nitrogens with zero attached hydrogens (tertiary/aromatic N) is 1. The Hall–Kier alpha value is -2.72. The summed E-state index contributed by atoms with van der Waals surface area (Å²) in [7, 11) is 0. The SMILES string of the molecule is CCOC(=O)C1C(C)=NC2=C(C(=O)c3ccccc32)[C@H]1c1ccc(Cl)cc1. The molecule has 4 rings (SSSR count). The van der Waals surface area contributed by atoms with E-state index in [0.29, 0.717) is 27.6 Å². The third kappa shape index (κ3) is 2.81. The number of carbonyl (C=O) groups excluding carboxylic acids is 2. The molecule has 2 aliphatic rings. The second kappa shape index (κ2) is 6.78. The van der Waals surface area contributed by atoms with Crippen LogP contribution in [0.15, 0.2) is 59.1 Å². The molecule has 0 fully saturated rings. The molecule has 0 aromatic heterocycles. The highest BCUT2D eigenvalue weighted by molar-refractivity contribution is 6.30. The van der Waals surface area contributed by atoms with Crippen molar-refractivity contribution in [1.82, 2.24) is 0 Å². The third-order valence-electron chi connectivity index (χ3n) is 5.08. The van der Waals surface area contributed by atoms with Gasteiger partial charge in [-0.3, -0.25) is 14.6 Å². The highest BCUT2D eigenvalue weighted by atomic mass is 35.5. The maximum Gasteiger partial charge on any atom is 0.315 e. The number of halogens is 1. The lowest BCUT2D eigenvalue weighted by Gasteiger charge is -2.30.